The number of unbranched alkanes of at least 4 members (excludes halogenated alkanes) is 7. The molecule has 0 spiro atoms. The first-order valence-corrected chi connectivity index (χ1v) is 10.5. The van der Waals surface area contributed by atoms with Crippen LogP contribution in [0.4, 0.5) is 0 Å². The molecule has 2 heterocycles. The molecule has 2 aromatic rings. The first-order chi connectivity index (χ1) is 13.5. The number of hydrogen-bond donors (Lipinski definition) is 2. The first-order valence-electron chi connectivity index (χ1n) is 10.5. The SMILES string of the molecule is CCc1nc2c(C)cccn2c1C(=O)NCCCCCCCCCCC(=O)O. The number of carboxylic acid groups (broad SMARTS) is 1. The van der Waals surface area contributed by atoms with Gasteiger partial charge in [0.15, 0.2) is 0 Å². The van der Waals surface area contributed by atoms with E-state index in [1.54, 1.807) is 0 Å². The highest BCUT2D eigenvalue weighted by Crippen LogP contribution is 2.16. The molecule has 154 valence electrons. The lowest BCUT2D eigenvalue weighted by Gasteiger charge is -2.07. The number of hydrogen-bond acceptors (Lipinski definition) is 3. The number of imidazole rings is 1. The summed E-state index contributed by atoms with van der Waals surface area (Å²) >= 11 is 0. The molecule has 6 nitrogen and oxygen atoms in total. The molecule has 6 heteroatoms. The van der Waals surface area contributed by atoms with Crippen molar-refractivity contribution in [1.82, 2.24) is 14.7 Å². The maximum atomic E-state index is 12.7. The Bertz CT molecular complexity index is 783. The second-order valence-corrected chi connectivity index (χ2v) is 7.37. The lowest BCUT2D eigenvalue weighted by Crippen LogP contribution is -2.26. The number of fused-ring (bicyclic) bond motifs is 1. The van der Waals surface area contributed by atoms with Gasteiger partial charge >= 0.3 is 5.97 Å². The second kappa shape index (κ2) is 11.5. The molecule has 0 bridgehead atoms. The van der Waals surface area contributed by atoms with Crippen LogP contribution in [0, 0.1) is 6.92 Å². The predicted molar refractivity (Wildman–Crippen MR) is 111 cm³/mol. The van der Waals surface area contributed by atoms with Gasteiger partial charge < -0.3 is 10.4 Å². The fraction of sp³-hybridized carbons (Fsp3) is 0.591. The van der Waals surface area contributed by atoms with E-state index in [2.05, 4.69) is 10.3 Å². The number of carbonyl (C=O) groups is 2. The quantitative estimate of drug-likeness (QED) is 0.495. The number of aryl methyl sites for hydroxylation is 2. The Hall–Kier alpha value is -2.37. The van der Waals surface area contributed by atoms with Crippen LogP contribution in [0.5, 0.6) is 0 Å². The Morgan fingerprint density at radius 2 is 1.71 bits per heavy atom. The minimum absolute atomic E-state index is 0.0478. The molecule has 2 N–H and O–H groups in total. The highest BCUT2D eigenvalue weighted by molar-refractivity contribution is 5.94. The highest BCUT2D eigenvalue weighted by atomic mass is 16.4. The van der Waals surface area contributed by atoms with Crippen LogP contribution in [0.1, 0.15) is 86.5 Å². The van der Waals surface area contributed by atoms with Crippen LogP contribution in [0.3, 0.4) is 0 Å². The molecular weight excluding hydrogens is 354 g/mol. The Labute approximate surface area is 167 Å². The number of aromatic nitrogens is 2. The van der Waals surface area contributed by atoms with Crippen molar-refractivity contribution in [2.24, 2.45) is 0 Å². The number of carbonyl (C=O) groups excluding carboxylic acids is 1. The Morgan fingerprint density at radius 3 is 2.36 bits per heavy atom. The smallest absolute Gasteiger partial charge is 0.303 e. The van der Waals surface area contributed by atoms with E-state index in [9.17, 15) is 9.59 Å². The van der Waals surface area contributed by atoms with E-state index in [0.29, 0.717) is 12.2 Å². The van der Waals surface area contributed by atoms with Crippen LogP contribution in [-0.4, -0.2) is 32.9 Å². The molecule has 0 saturated heterocycles. The molecular formula is C22H33N3O3. The number of amides is 1. The summed E-state index contributed by atoms with van der Waals surface area (Å²) in [4.78, 5) is 27.7. The van der Waals surface area contributed by atoms with Crippen molar-refractivity contribution in [2.45, 2.75) is 78.1 Å². The molecule has 0 aliphatic rings. The Kier molecular flexibility index (Phi) is 8.98. The molecule has 0 saturated carbocycles. The summed E-state index contributed by atoms with van der Waals surface area (Å²) in [7, 11) is 0. The maximum absolute atomic E-state index is 12.7. The summed E-state index contributed by atoms with van der Waals surface area (Å²) in [5.74, 6) is -0.749. The predicted octanol–water partition coefficient (Wildman–Crippen LogP) is 4.53. The monoisotopic (exact) mass is 387 g/mol. The zero-order valence-corrected chi connectivity index (χ0v) is 17.2. The van der Waals surface area contributed by atoms with Crippen LogP contribution in [0.15, 0.2) is 18.3 Å². The highest BCUT2D eigenvalue weighted by Gasteiger charge is 2.18. The number of rotatable bonds is 13. The third kappa shape index (κ3) is 6.36. The van der Waals surface area contributed by atoms with Crippen molar-refractivity contribution in [3.8, 4) is 0 Å². The van der Waals surface area contributed by atoms with Gasteiger partial charge in [-0.05, 0) is 37.8 Å². The summed E-state index contributed by atoms with van der Waals surface area (Å²) in [6.07, 6.45) is 11.4. The van der Waals surface area contributed by atoms with Gasteiger partial charge in [0.05, 0.1) is 5.69 Å². The fourth-order valence-electron chi connectivity index (χ4n) is 3.49. The van der Waals surface area contributed by atoms with Crippen LogP contribution >= 0.6 is 0 Å². The number of nitrogens with zero attached hydrogens (tertiary/aromatic N) is 2. The first kappa shape index (κ1) is 21.9. The van der Waals surface area contributed by atoms with Crippen LogP contribution in [0.25, 0.3) is 5.65 Å². The van der Waals surface area contributed by atoms with Crippen LogP contribution < -0.4 is 5.32 Å². The van der Waals surface area contributed by atoms with E-state index in [4.69, 9.17) is 5.11 Å². The summed E-state index contributed by atoms with van der Waals surface area (Å²) < 4.78 is 1.90. The summed E-state index contributed by atoms with van der Waals surface area (Å²) in [6.45, 7) is 4.71. The number of carboxylic acids is 1. The van der Waals surface area contributed by atoms with Gasteiger partial charge in [-0.25, -0.2) is 4.98 Å². The molecule has 2 aromatic heterocycles. The molecule has 28 heavy (non-hydrogen) atoms. The van der Waals surface area contributed by atoms with Gasteiger partial charge in [0.2, 0.25) is 0 Å². The van der Waals surface area contributed by atoms with E-state index in [0.717, 1.165) is 68.3 Å². The zero-order chi connectivity index (χ0) is 20.4. The normalized spacial score (nSPS) is 11.1. The third-order valence-corrected chi connectivity index (χ3v) is 5.07. The van der Waals surface area contributed by atoms with E-state index in [1.807, 2.05) is 36.6 Å². The molecule has 0 aromatic carbocycles. The van der Waals surface area contributed by atoms with Gasteiger partial charge in [0, 0.05) is 19.2 Å². The van der Waals surface area contributed by atoms with Crippen molar-refractivity contribution in [1.29, 1.82) is 0 Å². The lowest BCUT2D eigenvalue weighted by atomic mass is 10.1. The third-order valence-electron chi connectivity index (χ3n) is 5.07. The molecule has 0 aliphatic carbocycles. The topological polar surface area (TPSA) is 83.7 Å². The summed E-state index contributed by atoms with van der Waals surface area (Å²) in [6, 6.07) is 3.96. The molecule has 0 unspecified atom stereocenters. The molecule has 0 radical (unpaired) electrons. The van der Waals surface area contributed by atoms with Crippen molar-refractivity contribution in [3.63, 3.8) is 0 Å². The van der Waals surface area contributed by atoms with Gasteiger partial charge in [-0.1, -0.05) is 51.5 Å². The Morgan fingerprint density at radius 1 is 1.07 bits per heavy atom. The summed E-state index contributed by atoms with van der Waals surface area (Å²) in [5, 5.41) is 11.6. The molecule has 0 fully saturated rings. The molecule has 2 rings (SSSR count). The molecule has 0 aliphatic heterocycles. The van der Waals surface area contributed by atoms with Crippen molar-refractivity contribution >= 4 is 17.5 Å². The van der Waals surface area contributed by atoms with Crippen LogP contribution in [0.2, 0.25) is 0 Å². The zero-order valence-electron chi connectivity index (χ0n) is 17.2. The van der Waals surface area contributed by atoms with Gasteiger partial charge in [-0.15, -0.1) is 0 Å². The minimum atomic E-state index is -0.702. The summed E-state index contributed by atoms with van der Waals surface area (Å²) in [5.41, 5.74) is 3.42. The maximum Gasteiger partial charge on any atom is 0.303 e. The van der Waals surface area contributed by atoms with Crippen molar-refractivity contribution < 1.29 is 14.7 Å². The van der Waals surface area contributed by atoms with E-state index < -0.39 is 5.97 Å². The Balaban J connectivity index is 1.66. The standard InChI is InChI=1S/C22H33N3O3/c1-3-18-20(25-16-12-13-17(2)21(25)24-18)22(28)23-15-11-9-7-5-4-6-8-10-14-19(26)27/h12-13,16H,3-11,14-15H2,1-2H3,(H,23,28)(H,26,27). The minimum Gasteiger partial charge on any atom is -0.481 e. The largest absolute Gasteiger partial charge is 0.481 e. The van der Waals surface area contributed by atoms with Crippen molar-refractivity contribution in [2.75, 3.05) is 6.54 Å². The van der Waals surface area contributed by atoms with Crippen LogP contribution in [-0.2, 0) is 11.2 Å². The second-order valence-electron chi connectivity index (χ2n) is 7.37. The average Bonchev–Trinajstić information content (AvgIpc) is 3.06. The lowest BCUT2D eigenvalue weighted by molar-refractivity contribution is -0.137. The van der Waals surface area contributed by atoms with Gasteiger partial charge in [0.25, 0.3) is 5.91 Å². The van der Waals surface area contributed by atoms with Crippen molar-refractivity contribution in [3.05, 3.63) is 35.3 Å². The number of pyridine rings is 1. The van der Waals surface area contributed by atoms with E-state index in [-0.39, 0.29) is 12.3 Å². The fourth-order valence-corrected chi connectivity index (χ4v) is 3.49. The van der Waals surface area contributed by atoms with Gasteiger partial charge in [0.1, 0.15) is 11.3 Å². The molecule has 0 atom stereocenters. The van der Waals surface area contributed by atoms with E-state index in [1.165, 1.54) is 6.42 Å². The van der Waals surface area contributed by atoms with Gasteiger partial charge in [-0.3, -0.25) is 14.0 Å². The average molecular weight is 388 g/mol. The van der Waals surface area contributed by atoms with E-state index >= 15 is 0 Å². The van der Waals surface area contributed by atoms with Gasteiger partial charge in [-0.2, -0.15) is 0 Å². The molecule has 1 amide bonds. The number of nitrogens with one attached hydrogen (secondary N) is 1. The number of aliphatic carboxylic acids is 1.